The van der Waals surface area contributed by atoms with Crippen LogP contribution in [0, 0.1) is 0 Å². The minimum absolute atomic E-state index is 0. The number of amides is 1. The second-order valence-electron chi connectivity index (χ2n) is 5.36. The quantitative estimate of drug-likeness (QED) is 0.636. The zero-order chi connectivity index (χ0) is 31.9. The molecule has 2 aromatic rings. The summed E-state index contributed by atoms with van der Waals surface area (Å²) in [6, 6.07) is -1.39. The molecule has 1 unspecified atom stereocenters. The Morgan fingerprint density at radius 2 is 2.26 bits per heavy atom. The van der Waals surface area contributed by atoms with Gasteiger partial charge in [0, 0.05) is 35.8 Å². The van der Waals surface area contributed by atoms with Gasteiger partial charge in [0.25, 0.3) is 11.5 Å². The second-order valence-corrected chi connectivity index (χ2v) is 6.25. The molecular weight excluding hydrogens is 373 g/mol. The molecule has 1 aliphatic rings. The molecular formula is C19H26N3NaO3S. The van der Waals surface area contributed by atoms with Crippen LogP contribution in [-0.4, -0.2) is 41.5 Å². The van der Waals surface area contributed by atoms with Crippen LogP contribution in [0.15, 0.2) is 16.2 Å². The number of thiophene rings is 1. The molecule has 1 aliphatic heterocycles. The molecule has 0 spiro atoms. The summed E-state index contributed by atoms with van der Waals surface area (Å²) >= 11 is 0.799. The van der Waals surface area contributed by atoms with Crippen molar-refractivity contribution in [1.82, 2.24) is 14.8 Å². The van der Waals surface area contributed by atoms with E-state index in [4.69, 9.17) is 20.6 Å². The van der Waals surface area contributed by atoms with Gasteiger partial charge in [-0.2, -0.15) is 0 Å². The van der Waals surface area contributed by atoms with Gasteiger partial charge in [-0.3, -0.25) is 14.2 Å². The Labute approximate surface area is 207 Å². The molecule has 0 saturated carbocycles. The standard InChI is InChI=1S/C19H27N3O3S.Na/c1-13(2)22-18(25)15(16(23)14-7-12-26-19(14)22)17(24)20-8-6-11-21-9-4-3-5-10-21;/h7,12-13,23H,3-6,8-11H2,1-2H3,(H,20,24);/q;+1/p-1/i1D3,3D2,4D2,5D2,9D2,10D2,13D;/hD. The minimum Gasteiger partial charge on any atom is -0.871 e. The zero-order valence-corrected chi connectivity index (χ0v) is 17.6. The number of carbonyl (C=O) groups excluding carboxylic acids is 1. The van der Waals surface area contributed by atoms with Gasteiger partial charge in [0.1, 0.15) is 4.83 Å². The molecule has 1 N–H and O–H groups in total. The van der Waals surface area contributed by atoms with Crippen molar-refractivity contribution < 1.29 is 60.1 Å². The number of fused-ring (bicyclic) bond motifs is 1. The van der Waals surface area contributed by atoms with Gasteiger partial charge < -0.3 is 15.3 Å². The minimum atomic E-state index is -3.60. The Balaban J connectivity index is 0.00000616. The van der Waals surface area contributed by atoms with Crippen molar-refractivity contribution in [2.75, 3.05) is 26.1 Å². The van der Waals surface area contributed by atoms with Crippen LogP contribution in [0.25, 0.3) is 10.2 Å². The molecule has 2 aromatic heterocycles. The number of hydrogen-bond donors (Lipinski definition) is 1. The summed E-state index contributed by atoms with van der Waals surface area (Å²) in [4.78, 5) is 26.3. The predicted molar refractivity (Wildman–Crippen MR) is 103 cm³/mol. The number of likely N-dealkylation sites (tertiary alicyclic amines) is 1. The van der Waals surface area contributed by atoms with Crippen molar-refractivity contribution in [1.29, 1.82) is 0 Å². The number of nitrogens with one attached hydrogen (secondary N) is 1. The Kier molecular flexibility index (Phi) is 3.47. The molecule has 8 heteroatoms. The van der Waals surface area contributed by atoms with Gasteiger partial charge in [0.2, 0.25) is 0 Å². The molecule has 142 valence electrons. The Morgan fingerprint density at radius 3 is 2.96 bits per heavy atom. The van der Waals surface area contributed by atoms with Crippen LogP contribution in [0.4, 0.5) is 0 Å². The summed E-state index contributed by atoms with van der Waals surface area (Å²) in [5, 5.41) is 14.2. The SMILES string of the molecule is [2H]N(CCCN1C([2H])([2H])C([2H])([2H])C([2H])([2H])C([2H])([2H])C1([2H])[2H])C(=O)c1c([O-])c2ccsc2n(C([2H])(C)C([2H])([2H])[2H])c1=O.[Na+]. The van der Waals surface area contributed by atoms with Crippen molar-refractivity contribution in [2.45, 2.75) is 45.3 Å². The van der Waals surface area contributed by atoms with E-state index in [0.29, 0.717) is 4.57 Å². The fourth-order valence-corrected chi connectivity index (χ4v) is 3.37. The molecule has 0 radical (unpaired) electrons. The normalized spacial score (nSPS) is 35.2. The first-order valence-electron chi connectivity index (χ1n) is 15.1. The molecule has 0 bridgehead atoms. The van der Waals surface area contributed by atoms with Crippen LogP contribution >= 0.6 is 11.3 Å². The number of hydrogen-bond acceptors (Lipinski definition) is 5. The summed E-state index contributed by atoms with van der Waals surface area (Å²) in [6.07, 6.45) is -11.2. The first-order valence-corrected chi connectivity index (χ1v) is 8.53. The first kappa shape index (κ1) is 9.30. The molecule has 3 rings (SSSR count). The summed E-state index contributed by atoms with van der Waals surface area (Å²) < 4.78 is 120. The Morgan fingerprint density at radius 1 is 1.52 bits per heavy atom. The maximum atomic E-state index is 13.3. The van der Waals surface area contributed by atoms with E-state index in [2.05, 4.69) is 0 Å². The summed E-state index contributed by atoms with van der Waals surface area (Å²) in [6.45, 7) is -10.5. The molecule has 3 heterocycles. The maximum Gasteiger partial charge on any atom is 1.00 e. The van der Waals surface area contributed by atoms with E-state index in [0.717, 1.165) is 18.3 Å². The number of rotatable bonds is 6. The van der Waals surface area contributed by atoms with Gasteiger partial charge in [0.15, 0.2) is 1.41 Å². The van der Waals surface area contributed by atoms with Crippen molar-refractivity contribution in [3.63, 3.8) is 0 Å². The second kappa shape index (κ2) is 10.1. The fraction of sp³-hybridized carbons (Fsp3) is 0.579. The predicted octanol–water partition coefficient (Wildman–Crippen LogP) is -0.673. The number of carbonyl (C=O) groups is 1. The third-order valence-electron chi connectivity index (χ3n) is 3.59. The molecule has 0 aromatic carbocycles. The molecule has 1 saturated heterocycles. The number of aromatic nitrogens is 1. The molecule has 1 fully saturated rings. The van der Waals surface area contributed by atoms with Crippen molar-refractivity contribution in [2.24, 2.45) is 0 Å². The third kappa shape index (κ3) is 4.95. The third-order valence-corrected chi connectivity index (χ3v) is 4.49. The van der Waals surface area contributed by atoms with Crippen LogP contribution in [0.1, 0.15) is 74.9 Å². The molecule has 27 heavy (non-hydrogen) atoms. The topological polar surface area (TPSA) is 77.4 Å². The molecule has 0 aliphatic carbocycles. The van der Waals surface area contributed by atoms with Crippen LogP contribution in [0.5, 0.6) is 5.75 Å². The smallest absolute Gasteiger partial charge is 0.871 e. The van der Waals surface area contributed by atoms with Gasteiger partial charge in [-0.05, 0) is 63.9 Å². The molecule has 1 amide bonds. The van der Waals surface area contributed by atoms with Crippen molar-refractivity contribution >= 4 is 27.5 Å². The number of piperidine rings is 1. The van der Waals surface area contributed by atoms with E-state index in [1.54, 1.807) is 0 Å². The Bertz CT molecular complexity index is 1390. The average molecular weight is 415 g/mol. The zero-order valence-electron chi connectivity index (χ0n) is 29.8. The first-order chi connectivity index (χ1) is 18.2. The fourth-order valence-electron chi connectivity index (χ4n) is 2.43. The largest absolute Gasteiger partial charge is 1.00 e. The maximum absolute atomic E-state index is 13.3. The van der Waals surface area contributed by atoms with E-state index in [9.17, 15) is 14.7 Å². The summed E-state index contributed by atoms with van der Waals surface area (Å²) in [7, 11) is 0. The van der Waals surface area contributed by atoms with E-state index in [-0.39, 0.29) is 50.0 Å². The van der Waals surface area contributed by atoms with Crippen LogP contribution < -0.4 is 45.5 Å². The van der Waals surface area contributed by atoms with Gasteiger partial charge in [0.05, 0.1) is 6.93 Å². The van der Waals surface area contributed by atoms with E-state index >= 15 is 0 Å². The van der Waals surface area contributed by atoms with Gasteiger partial charge >= 0.3 is 29.6 Å². The van der Waals surface area contributed by atoms with Crippen LogP contribution in [0.2, 0.25) is 1.41 Å². The van der Waals surface area contributed by atoms with E-state index in [1.165, 1.54) is 11.4 Å². The van der Waals surface area contributed by atoms with Gasteiger partial charge in [-0.15, -0.1) is 11.3 Å². The van der Waals surface area contributed by atoms with Crippen LogP contribution in [0.3, 0.4) is 0 Å². The average Bonchev–Trinajstić information content (AvgIpc) is 3.28. The Hall–Kier alpha value is -0.860. The number of pyridine rings is 1. The monoisotopic (exact) mass is 414 g/mol. The molecule has 6 nitrogen and oxygen atoms in total. The van der Waals surface area contributed by atoms with Gasteiger partial charge in [-0.25, -0.2) is 0 Å². The van der Waals surface area contributed by atoms with Gasteiger partial charge in [-0.1, -0.05) is 12.1 Å². The van der Waals surface area contributed by atoms with Crippen LogP contribution in [-0.2, 0) is 0 Å². The number of nitrogens with zero attached hydrogens (tertiary/aromatic N) is 2. The summed E-state index contributed by atoms with van der Waals surface area (Å²) in [5.41, 5.74) is -2.55. The summed E-state index contributed by atoms with van der Waals surface area (Å²) in [5.74, 6) is -2.60. The van der Waals surface area contributed by atoms with E-state index in [1.807, 2.05) is 0 Å². The molecule has 1 atom stereocenters. The van der Waals surface area contributed by atoms with E-state index < -0.39 is 87.3 Å². The van der Waals surface area contributed by atoms with Crippen molar-refractivity contribution in [3.8, 4) is 5.75 Å². The van der Waals surface area contributed by atoms with Crippen molar-refractivity contribution in [3.05, 3.63) is 27.4 Å².